The van der Waals surface area contributed by atoms with Crippen LogP contribution in [-0.2, 0) is 23.7 Å². The number of hydrogen-bond donors (Lipinski definition) is 8. The smallest absolute Gasteiger partial charge is 0.336 e. The molecule has 252 valence electrons. The summed E-state index contributed by atoms with van der Waals surface area (Å²) in [5, 5.41) is 83.9. The molecule has 3 saturated heterocycles. The SMILES string of the molecule is COc1cc2ccc(=O)oc2cc1O[C@@H]1O[C@H](CO[C@@H]2O[C@@H](C)[C@H](O)[C@@H](O)[C@H]2O)[C@@H](O)[C@H](O)[C@H]1O[C@@H]1O[C@@H](C)[C@H](O)[C@@H](O)[C@H]1O. The summed E-state index contributed by atoms with van der Waals surface area (Å²) in [6, 6.07) is 5.56. The summed E-state index contributed by atoms with van der Waals surface area (Å²) >= 11 is 0. The summed E-state index contributed by atoms with van der Waals surface area (Å²) in [6.07, 6.45) is -22.7. The highest BCUT2D eigenvalue weighted by Gasteiger charge is 2.52. The first-order chi connectivity index (χ1) is 21.3. The largest absolute Gasteiger partial charge is 0.493 e. The molecule has 17 nitrogen and oxygen atoms in total. The van der Waals surface area contributed by atoms with E-state index in [1.807, 2.05) is 0 Å². The molecular weight excluding hydrogens is 608 g/mol. The van der Waals surface area contributed by atoms with E-state index in [9.17, 15) is 45.6 Å². The standard InChI is InChI=1S/C28H38O17/c1-9-17(30)20(33)23(36)26(40-9)39-8-15-19(32)22(35)25(45-27-24(37)21(34)18(31)10(2)41-27)28(44-15)43-14-7-12-11(6-13(14)38-3)4-5-16(29)42-12/h4-7,9-10,15,17-28,30-37H,8H2,1-3H3/t9-,10-,15+,17-,18-,19+,20+,21+,22-,23+,24+,25+,26+,27-,28+/m0/s1. The predicted octanol–water partition coefficient (Wildman–Crippen LogP) is -3.32. The zero-order valence-electron chi connectivity index (χ0n) is 24.4. The lowest BCUT2D eigenvalue weighted by Gasteiger charge is -2.46. The molecule has 45 heavy (non-hydrogen) atoms. The van der Waals surface area contributed by atoms with Gasteiger partial charge in [-0.05, 0) is 26.0 Å². The molecule has 0 spiro atoms. The number of hydrogen-bond acceptors (Lipinski definition) is 17. The van der Waals surface area contributed by atoms with Crippen LogP contribution < -0.4 is 15.1 Å². The molecule has 3 fully saturated rings. The fraction of sp³-hybridized carbons (Fsp3) is 0.679. The maximum absolute atomic E-state index is 11.8. The van der Waals surface area contributed by atoms with E-state index < -0.39 is 104 Å². The molecule has 0 bridgehead atoms. The number of rotatable bonds is 8. The average Bonchev–Trinajstić information content (AvgIpc) is 3.02. The van der Waals surface area contributed by atoms with Crippen molar-refractivity contribution in [3.63, 3.8) is 0 Å². The Balaban J connectivity index is 1.42. The summed E-state index contributed by atoms with van der Waals surface area (Å²) in [5.74, 6) is 0.0978. The molecule has 0 aliphatic carbocycles. The molecule has 4 heterocycles. The first-order valence-electron chi connectivity index (χ1n) is 14.3. The van der Waals surface area contributed by atoms with Crippen molar-refractivity contribution in [1.29, 1.82) is 0 Å². The van der Waals surface area contributed by atoms with Crippen LogP contribution in [0, 0.1) is 0 Å². The van der Waals surface area contributed by atoms with E-state index in [-0.39, 0.29) is 17.1 Å². The zero-order valence-corrected chi connectivity index (χ0v) is 24.4. The van der Waals surface area contributed by atoms with Crippen LogP contribution in [0.25, 0.3) is 11.0 Å². The minimum absolute atomic E-state index is 0.0490. The molecule has 5 rings (SSSR count). The van der Waals surface area contributed by atoms with E-state index in [4.69, 9.17) is 37.6 Å². The molecule has 0 unspecified atom stereocenters. The van der Waals surface area contributed by atoms with Crippen molar-refractivity contribution in [2.24, 2.45) is 0 Å². The van der Waals surface area contributed by atoms with Crippen LogP contribution in [-0.4, -0.2) is 147 Å². The highest BCUT2D eigenvalue weighted by atomic mass is 16.8. The van der Waals surface area contributed by atoms with Crippen LogP contribution >= 0.6 is 0 Å². The second kappa shape index (κ2) is 13.7. The minimum atomic E-state index is -1.82. The molecule has 8 N–H and O–H groups in total. The normalized spacial score (nSPS) is 42.4. The van der Waals surface area contributed by atoms with Crippen molar-refractivity contribution in [2.75, 3.05) is 13.7 Å². The van der Waals surface area contributed by atoms with Crippen molar-refractivity contribution in [3.8, 4) is 11.5 Å². The molecule has 15 atom stereocenters. The second-order valence-electron chi connectivity index (χ2n) is 11.2. The van der Waals surface area contributed by atoms with Gasteiger partial charge in [0.1, 0.15) is 60.5 Å². The van der Waals surface area contributed by atoms with E-state index in [1.165, 1.54) is 45.2 Å². The van der Waals surface area contributed by atoms with Gasteiger partial charge in [-0.3, -0.25) is 0 Å². The molecule has 1 aromatic heterocycles. The molecule has 1 aromatic carbocycles. The molecule has 3 aliphatic heterocycles. The first-order valence-corrected chi connectivity index (χ1v) is 14.3. The zero-order chi connectivity index (χ0) is 32.7. The lowest BCUT2D eigenvalue weighted by molar-refractivity contribution is -0.360. The third kappa shape index (κ3) is 6.82. The van der Waals surface area contributed by atoms with E-state index in [0.29, 0.717) is 5.39 Å². The lowest BCUT2D eigenvalue weighted by atomic mass is 9.97. The Morgan fingerprint density at radius 1 is 0.689 bits per heavy atom. The van der Waals surface area contributed by atoms with Crippen molar-refractivity contribution >= 4 is 11.0 Å². The summed E-state index contributed by atoms with van der Waals surface area (Å²) in [7, 11) is 1.35. The number of benzene rings is 1. The van der Waals surface area contributed by atoms with Gasteiger partial charge in [0.15, 0.2) is 30.2 Å². The maximum Gasteiger partial charge on any atom is 0.336 e. The van der Waals surface area contributed by atoms with E-state index in [2.05, 4.69) is 0 Å². The Morgan fingerprint density at radius 3 is 1.96 bits per heavy atom. The summed E-state index contributed by atoms with van der Waals surface area (Å²) in [4.78, 5) is 11.8. The van der Waals surface area contributed by atoms with Gasteiger partial charge in [0.2, 0.25) is 6.29 Å². The average molecular weight is 647 g/mol. The van der Waals surface area contributed by atoms with Crippen LogP contribution in [0.2, 0.25) is 0 Å². The van der Waals surface area contributed by atoms with Gasteiger partial charge >= 0.3 is 5.63 Å². The van der Waals surface area contributed by atoms with Crippen LogP contribution in [0.15, 0.2) is 33.5 Å². The highest BCUT2D eigenvalue weighted by molar-refractivity contribution is 5.80. The Kier molecular flexibility index (Phi) is 10.3. The molecule has 2 aromatic rings. The quantitative estimate of drug-likeness (QED) is 0.131. The van der Waals surface area contributed by atoms with E-state index >= 15 is 0 Å². The third-order valence-electron chi connectivity index (χ3n) is 8.13. The predicted molar refractivity (Wildman–Crippen MR) is 146 cm³/mol. The Hall–Kier alpha value is -2.49. The van der Waals surface area contributed by atoms with E-state index in [1.54, 1.807) is 0 Å². The lowest BCUT2D eigenvalue weighted by Crippen LogP contribution is -2.65. The maximum atomic E-state index is 11.8. The summed E-state index contributed by atoms with van der Waals surface area (Å²) in [6.45, 7) is 2.35. The molecule has 0 saturated carbocycles. The van der Waals surface area contributed by atoms with Crippen LogP contribution in [0.4, 0.5) is 0 Å². The molecule has 0 amide bonds. The van der Waals surface area contributed by atoms with Crippen LogP contribution in [0.1, 0.15) is 13.8 Å². The highest BCUT2D eigenvalue weighted by Crippen LogP contribution is 2.36. The number of aliphatic hydroxyl groups excluding tert-OH is 8. The molecule has 3 aliphatic rings. The van der Waals surface area contributed by atoms with Gasteiger partial charge in [0.05, 0.1) is 25.9 Å². The van der Waals surface area contributed by atoms with Crippen molar-refractivity contribution in [3.05, 3.63) is 34.7 Å². The number of methoxy groups -OCH3 is 1. The molecule has 0 radical (unpaired) electrons. The fourth-order valence-corrected chi connectivity index (χ4v) is 5.36. The Bertz CT molecular complexity index is 1350. The minimum Gasteiger partial charge on any atom is -0.493 e. The van der Waals surface area contributed by atoms with Gasteiger partial charge in [0.25, 0.3) is 0 Å². The number of aliphatic hydroxyl groups is 8. The van der Waals surface area contributed by atoms with Crippen molar-refractivity contribution < 1.29 is 78.4 Å². The van der Waals surface area contributed by atoms with Crippen LogP contribution in [0.5, 0.6) is 11.5 Å². The second-order valence-corrected chi connectivity index (χ2v) is 11.2. The third-order valence-corrected chi connectivity index (χ3v) is 8.13. The number of fused-ring (bicyclic) bond motifs is 1. The van der Waals surface area contributed by atoms with Gasteiger partial charge < -0.3 is 78.4 Å². The van der Waals surface area contributed by atoms with Crippen molar-refractivity contribution in [2.45, 2.75) is 106 Å². The first kappa shape index (κ1) is 33.9. The fourth-order valence-electron chi connectivity index (χ4n) is 5.36. The van der Waals surface area contributed by atoms with E-state index in [0.717, 1.165) is 0 Å². The Labute approximate surface area is 255 Å². The molecular formula is C28H38O17. The topological polar surface area (TPSA) is 257 Å². The van der Waals surface area contributed by atoms with Gasteiger partial charge in [-0.1, -0.05) is 0 Å². The van der Waals surface area contributed by atoms with Crippen molar-refractivity contribution in [1.82, 2.24) is 0 Å². The summed E-state index contributed by atoms with van der Waals surface area (Å²) < 4.78 is 44.9. The van der Waals surface area contributed by atoms with Crippen LogP contribution in [0.3, 0.4) is 0 Å². The molecule has 17 heteroatoms. The van der Waals surface area contributed by atoms with Gasteiger partial charge in [0, 0.05) is 17.5 Å². The van der Waals surface area contributed by atoms with Gasteiger partial charge in [-0.25, -0.2) is 4.79 Å². The van der Waals surface area contributed by atoms with Gasteiger partial charge in [-0.15, -0.1) is 0 Å². The van der Waals surface area contributed by atoms with Gasteiger partial charge in [-0.2, -0.15) is 0 Å². The number of ether oxygens (including phenoxy) is 7. The summed E-state index contributed by atoms with van der Waals surface area (Å²) in [5.41, 5.74) is -0.524. The monoisotopic (exact) mass is 646 g/mol. The Morgan fingerprint density at radius 2 is 1.31 bits per heavy atom.